The molecule has 0 aromatic heterocycles. The van der Waals surface area contributed by atoms with Crippen LogP contribution in [0.5, 0.6) is 0 Å². The second kappa shape index (κ2) is 6.19. The molecule has 2 rings (SSSR count). The fraction of sp³-hybridized carbons (Fsp3) is 0.0769. The summed E-state index contributed by atoms with van der Waals surface area (Å²) in [5.41, 5.74) is 5.88. The number of hydrogen-bond donors (Lipinski definition) is 2. The third kappa shape index (κ3) is 3.65. The molecule has 0 aliphatic carbocycles. The highest BCUT2D eigenvalue weighted by atomic mass is 35.5. The minimum Gasteiger partial charge on any atom is -0.326 e. The molecule has 21 heavy (non-hydrogen) atoms. The van der Waals surface area contributed by atoms with Gasteiger partial charge in [0.15, 0.2) is 0 Å². The monoisotopic (exact) mass is 348 g/mol. The van der Waals surface area contributed by atoms with E-state index in [-0.39, 0.29) is 22.2 Å². The molecule has 0 fully saturated rings. The van der Waals surface area contributed by atoms with E-state index in [0.29, 0.717) is 10.6 Å². The van der Waals surface area contributed by atoms with Crippen molar-refractivity contribution in [1.82, 2.24) is 0 Å². The molecule has 112 valence electrons. The van der Waals surface area contributed by atoms with E-state index in [1.165, 1.54) is 24.3 Å². The number of hydrogen-bond acceptors (Lipinski definition) is 3. The summed E-state index contributed by atoms with van der Waals surface area (Å²) in [6, 6.07) is 7.72. The minimum absolute atomic E-state index is 0.0419. The molecule has 0 spiro atoms. The van der Waals surface area contributed by atoms with E-state index >= 15 is 0 Å². The van der Waals surface area contributed by atoms with Gasteiger partial charge in [-0.1, -0.05) is 29.3 Å². The molecule has 0 unspecified atom stereocenters. The normalized spacial score (nSPS) is 11.4. The van der Waals surface area contributed by atoms with Crippen LogP contribution in [0.2, 0.25) is 10.0 Å². The van der Waals surface area contributed by atoms with E-state index in [1.54, 1.807) is 0 Å². The molecule has 0 aliphatic heterocycles. The van der Waals surface area contributed by atoms with Crippen LogP contribution in [0.1, 0.15) is 5.56 Å². The van der Waals surface area contributed by atoms with Crippen molar-refractivity contribution >= 4 is 38.9 Å². The molecule has 4 nitrogen and oxygen atoms in total. The quantitative estimate of drug-likeness (QED) is 0.889. The van der Waals surface area contributed by atoms with Crippen molar-refractivity contribution < 1.29 is 12.8 Å². The molecule has 0 saturated heterocycles. The zero-order chi connectivity index (χ0) is 15.6. The highest BCUT2D eigenvalue weighted by Gasteiger charge is 2.20. The van der Waals surface area contributed by atoms with Gasteiger partial charge >= 0.3 is 0 Å². The van der Waals surface area contributed by atoms with Gasteiger partial charge in [0.1, 0.15) is 5.82 Å². The Morgan fingerprint density at radius 2 is 1.86 bits per heavy atom. The smallest absolute Gasteiger partial charge is 0.262 e. The Labute approximate surface area is 131 Å². The number of nitrogens with two attached hydrogens (primary N) is 1. The highest BCUT2D eigenvalue weighted by Crippen LogP contribution is 2.28. The van der Waals surface area contributed by atoms with Crippen LogP contribution >= 0.6 is 23.2 Å². The van der Waals surface area contributed by atoms with Gasteiger partial charge in [-0.2, -0.15) is 0 Å². The molecule has 0 bridgehead atoms. The maximum atomic E-state index is 13.3. The molecular weight excluding hydrogens is 338 g/mol. The lowest BCUT2D eigenvalue weighted by molar-refractivity contribution is 0.593. The van der Waals surface area contributed by atoms with E-state index in [9.17, 15) is 12.8 Å². The first kappa shape index (κ1) is 16.0. The van der Waals surface area contributed by atoms with Gasteiger partial charge in [-0.05, 0) is 35.9 Å². The van der Waals surface area contributed by atoms with Crippen LogP contribution in [-0.2, 0) is 16.6 Å². The van der Waals surface area contributed by atoms with Crippen LogP contribution in [0, 0.1) is 5.82 Å². The predicted octanol–water partition coefficient (Wildman–Crippen LogP) is 3.39. The molecule has 2 aromatic carbocycles. The molecular formula is C13H11Cl2FN2O2S. The summed E-state index contributed by atoms with van der Waals surface area (Å²) in [5, 5.41) is 0.490. The van der Waals surface area contributed by atoms with Crippen molar-refractivity contribution in [2.24, 2.45) is 5.73 Å². The topological polar surface area (TPSA) is 72.2 Å². The maximum Gasteiger partial charge on any atom is 0.262 e. The number of rotatable bonds is 4. The van der Waals surface area contributed by atoms with Crippen molar-refractivity contribution in [1.29, 1.82) is 0 Å². The largest absolute Gasteiger partial charge is 0.326 e. The van der Waals surface area contributed by atoms with Crippen LogP contribution in [0.3, 0.4) is 0 Å². The summed E-state index contributed by atoms with van der Waals surface area (Å²) in [4.78, 5) is -0.235. The van der Waals surface area contributed by atoms with Gasteiger partial charge < -0.3 is 5.73 Å². The van der Waals surface area contributed by atoms with Crippen LogP contribution in [0.25, 0.3) is 0 Å². The van der Waals surface area contributed by atoms with Crippen molar-refractivity contribution in [2.75, 3.05) is 4.72 Å². The number of nitrogens with one attached hydrogen (secondary N) is 1. The lowest BCUT2D eigenvalue weighted by Crippen LogP contribution is -2.17. The van der Waals surface area contributed by atoms with E-state index in [1.807, 2.05) is 0 Å². The number of sulfonamides is 1. The SMILES string of the molecule is NCc1ccc(F)cc1S(=O)(=O)Nc1cc(Cl)ccc1Cl. The van der Waals surface area contributed by atoms with E-state index in [4.69, 9.17) is 28.9 Å². The molecule has 0 radical (unpaired) electrons. The molecule has 0 amide bonds. The lowest BCUT2D eigenvalue weighted by atomic mass is 10.2. The predicted molar refractivity (Wildman–Crippen MR) is 81.6 cm³/mol. The summed E-state index contributed by atoms with van der Waals surface area (Å²) in [6.45, 7) is -0.0419. The Hall–Kier alpha value is -1.34. The van der Waals surface area contributed by atoms with E-state index in [2.05, 4.69) is 4.72 Å². The van der Waals surface area contributed by atoms with E-state index < -0.39 is 15.8 Å². The first-order valence-electron chi connectivity index (χ1n) is 5.80. The van der Waals surface area contributed by atoms with Gasteiger partial charge in [0.2, 0.25) is 0 Å². The number of anilines is 1. The second-order valence-corrected chi connectivity index (χ2v) is 6.68. The van der Waals surface area contributed by atoms with Gasteiger partial charge in [-0.15, -0.1) is 0 Å². The summed E-state index contributed by atoms with van der Waals surface area (Å²) in [6.07, 6.45) is 0. The molecule has 3 N–H and O–H groups in total. The Kier molecular flexibility index (Phi) is 4.73. The summed E-state index contributed by atoms with van der Waals surface area (Å²) < 4.78 is 40.3. The van der Waals surface area contributed by atoms with Crippen LogP contribution < -0.4 is 10.5 Å². The first-order valence-corrected chi connectivity index (χ1v) is 8.04. The number of benzene rings is 2. The molecule has 2 aromatic rings. The second-order valence-electron chi connectivity index (χ2n) is 4.19. The van der Waals surface area contributed by atoms with Gasteiger partial charge in [-0.25, -0.2) is 12.8 Å². The van der Waals surface area contributed by atoms with Crippen LogP contribution in [0.4, 0.5) is 10.1 Å². The summed E-state index contributed by atoms with van der Waals surface area (Å²) >= 11 is 11.7. The van der Waals surface area contributed by atoms with Crippen molar-refractivity contribution in [3.05, 3.63) is 57.8 Å². The van der Waals surface area contributed by atoms with Crippen molar-refractivity contribution in [3.63, 3.8) is 0 Å². The van der Waals surface area contributed by atoms with E-state index in [0.717, 1.165) is 12.1 Å². The van der Waals surface area contributed by atoms with Gasteiger partial charge in [0.25, 0.3) is 10.0 Å². The highest BCUT2D eigenvalue weighted by molar-refractivity contribution is 7.92. The maximum absolute atomic E-state index is 13.3. The average molecular weight is 349 g/mol. The molecule has 0 saturated carbocycles. The zero-order valence-corrected chi connectivity index (χ0v) is 12.9. The Balaban J connectivity index is 2.48. The fourth-order valence-electron chi connectivity index (χ4n) is 1.72. The molecule has 0 atom stereocenters. The summed E-state index contributed by atoms with van der Waals surface area (Å²) in [7, 11) is -4.03. The molecule has 8 heteroatoms. The lowest BCUT2D eigenvalue weighted by Gasteiger charge is -2.13. The van der Waals surface area contributed by atoms with Crippen molar-refractivity contribution in [3.8, 4) is 0 Å². The molecule has 0 heterocycles. The van der Waals surface area contributed by atoms with Crippen LogP contribution in [-0.4, -0.2) is 8.42 Å². The van der Waals surface area contributed by atoms with Gasteiger partial charge in [-0.3, -0.25) is 4.72 Å². The standard InChI is InChI=1S/C13H11Cl2FN2O2S/c14-9-2-4-11(15)12(5-9)18-21(19,20)13-6-10(16)3-1-8(13)7-17/h1-6,18H,7,17H2. The average Bonchev–Trinajstić information content (AvgIpc) is 2.42. The fourth-order valence-corrected chi connectivity index (χ4v) is 3.45. The number of halogens is 3. The van der Waals surface area contributed by atoms with Crippen molar-refractivity contribution in [2.45, 2.75) is 11.4 Å². The Morgan fingerprint density at radius 1 is 1.14 bits per heavy atom. The third-order valence-corrected chi connectivity index (χ3v) is 4.72. The molecule has 0 aliphatic rings. The third-order valence-electron chi connectivity index (χ3n) is 2.71. The Morgan fingerprint density at radius 3 is 2.52 bits per heavy atom. The first-order chi connectivity index (χ1) is 9.83. The summed E-state index contributed by atoms with van der Waals surface area (Å²) in [5.74, 6) is -0.676. The Bertz CT molecular complexity index is 782. The van der Waals surface area contributed by atoms with Gasteiger partial charge in [0, 0.05) is 11.6 Å². The zero-order valence-electron chi connectivity index (χ0n) is 10.6. The minimum atomic E-state index is -4.03. The van der Waals surface area contributed by atoms with Crippen LogP contribution in [0.15, 0.2) is 41.3 Å². The van der Waals surface area contributed by atoms with Gasteiger partial charge in [0.05, 0.1) is 15.6 Å².